The van der Waals surface area contributed by atoms with Crippen molar-refractivity contribution in [2.45, 2.75) is 53.4 Å². The lowest BCUT2D eigenvalue weighted by atomic mass is 9.73. The zero-order chi connectivity index (χ0) is 24.1. The lowest BCUT2D eigenvalue weighted by Gasteiger charge is -2.44. The maximum absolute atomic E-state index is 13.6. The molecule has 0 unspecified atom stereocenters. The highest BCUT2D eigenvalue weighted by Gasteiger charge is 2.49. The first-order valence-corrected chi connectivity index (χ1v) is 12.8. The molecule has 0 atom stereocenters. The number of hydrogen-bond acceptors (Lipinski definition) is 4. The van der Waals surface area contributed by atoms with E-state index in [-0.39, 0.29) is 22.8 Å². The highest BCUT2D eigenvalue weighted by atomic mass is 35.5. The molecule has 1 fully saturated rings. The minimum atomic E-state index is -4.68. The van der Waals surface area contributed by atoms with Crippen LogP contribution in [-0.2, 0) is 26.0 Å². The van der Waals surface area contributed by atoms with Gasteiger partial charge in [0.1, 0.15) is 5.82 Å². The fourth-order valence-electron chi connectivity index (χ4n) is 3.58. The zero-order valence-electron chi connectivity index (χ0n) is 16.9. The molecule has 1 aliphatic carbocycles. The average molecular weight is 514 g/mol. The zero-order valence-corrected chi connectivity index (χ0v) is 19.3. The van der Waals surface area contributed by atoms with Crippen LogP contribution in [0.3, 0.4) is 0 Å². The van der Waals surface area contributed by atoms with Crippen LogP contribution in [0.15, 0.2) is 52.3 Å². The largest absolute Gasteiger partial charge is 0.416 e. The van der Waals surface area contributed by atoms with Crippen molar-refractivity contribution in [3.8, 4) is 0 Å². The Kier molecular flexibility index (Phi) is 6.44. The van der Waals surface area contributed by atoms with E-state index in [2.05, 4.69) is 4.72 Å². The van der Waals surface area contributed by atoms with Gasteiger partial charge in [-0.05, 0) is 69.0 Å². The van der Waals surface area contributed by atoms with Crippen LogP contribution in [0.2, 0.25) is 5.02 Å². The molecule has 0 aromatic heterocycles. The lowest BCUT2D eigenvalue weighted by Crippen LogP contribution is -2.53. The molecule has 0 bridgehead atoms. The number of rotatable bonds is 6. The molecule has 0 radical (unpaired) electrons. The number of nitrogens with one attached hydrogen (secondary N) is 1. The van der Waals surface area contributed by atoms with Crippen LogP contribution in [-0.4, -0.2) is 27.6 Å². The summed E-state index contributed by atoms with van der Waals surface area (Å²) < 4.78 is 105. The lowest BCUT2D eigenvalue weighted by molar-refractivity contribution is -0.137. The number of sulfonamides is 1. The van der Waals surface area contributed by atoms with Crippen LogP contribution in [0.4, 0.5) is 17.6 Å². The fourth-order valence-corrected chi connectivity index (χ4v) is 6.75. The van der Waals surface area contributed by atoms with Gasteiger partial charge in [0.2, 0.25) is 10.0 Å². The monoisotopic (exact) mass is 513 g/mol. The quantitative estimate of drug-likeness (QED) is 0.562. The van der Waals surface area contributed by atoms with E-state index in [4.69, 9.17) is 11.6 Å². The molecule has 176 valence electrons. The first kappa shape index (κ1) is 24.9. The fraction of sp³-hybridized carbons (Fsp3) is 0.400. The highest BCUT2D eigenvalue weighted by Crippen LogP contribution is 2.44. The van der Waals surface area contributed by atoms with Gasteiger partial charge in [0.15, 0.2) is 9.84 Å². The summed E-state index contributed by atoms with van der Waals surface area (Å²) in [5.74, 6) is -1.40. The minimum Gasteiger partial charge on any atom is -0.223 e. The highest BCUT2D eigenvalue weighted by molar-refractivity contribution is 7.92. The van der Waals surface area contributed by atoms with E-state index in [1.165, 1.54) is 13.8 Å². The summed E-state index contributed by atoms with van der Waals surface area (Å²) in [6.07, 6.45) is -4.38. The van der Waals surface area contributed by atoms with Gasteiger partial charge < -0.3 is 0 Å². The normalized spacial score (nSPS) is 20.1. The molecular formula is C20H20ClF4NO4S2. The van der Waals surface area contributed by atoms with E-state index in [0.717, 1.165) is 36.4 Å². The van der Waals surface area contributed by atoms with Crippen molar-refractivity contribution in [1.82, 2.24) is 4.72 Å². The Balaban J connectivity index is 1.74. The van der Waals surface area contributed by atoms with Crippen LogP contribution in [0.1, 0.15) is 32.3 Å². The van der Waals surface area contributed by atoms with Crippen molar-refractivity contribution in [1.29, 1.82) is 0 Å². The molecule has 32 heavy (non-hydrogen) atoms. The molecule has 1 N–H and O–H groups in total. The molecule has 3 rings (SSSR count). The van der Waals surface area contributed by atoms with E-state index < -0.39 is 59.0 Å². The van der Waals surface area contributed by atoms with Crippen LogP contribution in [0.25, 0.3) is 0 Å². The molecule has 2 aromatic rings. The molecule has 0 heterocycles. The van der Waals surface area contributed by atoms with Crippen LogP contribution >= 0.6 is 11.6 Å². The Labute approximate surface area is 188 Å². The molecule has 0 amide bonds. The van der Waals surface area contributed by atoms with Crippen molar-refractivity contribution < 1.29 is 34.4 Å². The third-order valence-electron chi connectivity index (χ3n) is 5.81. The van der Waals surface area contributed by atoms with Gasteiger partial charge in [-0.15, -0.1) is 0 Å². The third-order valence-corrected chi connectivity index (χ3v) is 10.2. The van der Waals surface area contributed by atoms with E-state index in [9.17, 15) is 34.4 Å². The second-order valence-corrected chi connectivity index (χ2v) is 12.8. The number of sulfone groups is 1. The number of alkyl halides is 3. The molecule has 0 spiro atoms. The van der Waals surface area contributed by atoms with E-state index in [0.29, 0.717) is 6.07 Å². The minimum absolute atomic E-state index is 0.153. The Morgan fingerprint density at radius 2 is 1.59 bits per heavy atom. The van der Waals surface area contributed by atoms with E-state index in [1.54, 1.807) is 0 Å². The maximum atomic E-state index is 13.6. The van der Waals surface area contributed by atoms with Gasteiger partial charge in [0, 0.05) is 6.04 Å². The van der Waals surface area contributed by atoms with Crippen molar-refractivity contribution >= 4 is 31.5 Å². The van der Waals surface area contributed by atoms with Gasteiger partial charge in [-0.1, -0.05) is 17.7 Å². The summed E-state index contributed by atoms with van der Waals surface area (Å²) in [6.45, 7) is 2.82. The topological polar surface area (TPSA) is 80.3 Å². The molecule has 2 aromatic carbocycles. The van der Waals surface area contributed by atoms with Crippen LogP contribution in [0.5, 0.6) is 0 Å². The SMILES string of the molecule is CC(C)([C@H]1C[C@H](NS(=O)(=O)c2ccc(Cl)c(F)c2)C1)S(=O)(=O)c1cccc(C(F)(F)F)c1. The second-order valence-electron chi connectivity index (χ2n) is 8.19. The van der Waals surface area contributed by atoms with Crippen LogP contribution in [0, 0.1) is 11.7 Å². The molecule has 0 saturated heterocycles. The third kappa shape index (κ3) is 4.66. The molecule has 5 nitrogen and oxygen atoms in total. The molecule has 12 heteroatoms. The van der Waals surface area contributed by atoms with Gasteiger partial charge in [0.25, 0.3) is 0 Å². The van der Waals surface area contributed by atoms with Crippen molar-refractivity contribution in [2.24, 2.45) is 5.92 Å². The summed E-state index contributed by atoms with van der Waals surface area (Å²) in [4.78, 5) is -0.767. The Morgan fingerprint density at radius 1 is 0.969 bits per heavy atom. The average Bonchev–Trinajstić information content (AvgIpc) is 2.65. The number of benzene rings is 2. The smallest absolute Gasteiger partial charge is 0.223 e. The predicted molar refractivity (Wildman–Crippen MR) is 111 cm³/mol. The van der Waals surface area contributed by atoms with Crippen molar-refractivity contribution in [2.75, 3.05) is 0 Å². The van der Waals surface area contributed by atoms with Crippen molar-refractivity contribution in [3.63, 3.8) is 0 Å². The molecule has 1 saturated carbocycles. The molecular weight excluding hydrogens is 494 g/mol. The summed E-state index contributed by atoms with van der Waals surface area (Å²) in [5.41, 5.74) is -1.07. The van der Waals surface area contributed by atoms with Gasteiger partial charge >= 0.3 is 6.18 Å². The maximum Gasteiger partial charge on any atom is 0.416 e. The summed E-state index contributed by atoms with van der Waals surface area (Å²) in [5, 5.41) is -0.228. The Hall–Kier alpha value is -1.69. The molecule has 1 aliphatic rings. The first-order valence-electron chi connectivity index (χ1n) is 9.45. The van der Waals surface area contributed by atoms with Crippen LogP contribution < -0.4 is 4.72 Å². The predicted octanol–water partition coefficient (Wildman–Crippen LogP) is 4.81. The summed E-state index contributed by atoms with van der Waals surface area (Å²) >= 11 is 5.56. The standard InChI is InChI=1S/C20H20ClF4NO4S2/c1-19(2,31(27,28)15-5-3-4-12(10-15)20(23,24)25)13-8-14(9-13)26-32(29,30)16-6-7-17(21)18(22)11-16/h3-7,10-11,13-14,26H,8-9H2,1-2H3/t13-,14-. The second kappa shape index (κ2) is 8.27. The summed E-state index contributed by atoms with van der Waals surface area (Å²) in [7, 11) is -8.21. The number of halogens is 5. The molecule has 0 aliphatic heterocycles. The van der Waals surface area contributed by atoms with E-state index in [1.807, 2.05) is 0 Å². The Bertz CT molecular complexity index is 1240. The van der Waals surface area contributed by atoms with Crippen molar-refractivity contribution in [3.05, 3.63) is 58.9 Å². The van der Waals surface area contributed by atoms with Gasteiger partial charge in [-0.2, -0.15) is 13.2 Å². The summed E-state index contributed by atoms with van der Waals surface area (Å²) in [6, 6.07) is 5.98. The van der Waals surface area contributed by atoms with Gasteiger partial charge in [-0.25, -0.2) is 25.9 Å². The first-order chi connectivity index (χ1) is 14.6. The Morgan fingerprint density at radius 3 is 2.16 bits per heavy atom. The number of hydrogen-bond donors (Lipinski definition) is 1. The van der Waals surface area contributed by atoms with Gasteiger partial charge in [-0.3, -0.25) is 0 Å². The van der Waals surface area contributed by atoms with E-state index >= 15 is 0 Å². The van der Waals surface area contributed by atoms with Gasteiger partial charge in [0.05, 0.1) is 25.1 Å².